The zero-order valence-corrected chi connectivity index (χ0v) is 12.7. The van der Waals surface area contributed by atoms with Gasteiger partial charge in [-0.1, -0.05) is 0 Å². The van der Waals surface area contributed by atoms with Gasteiger partial charge < -0.3 is 20.0 Å². The fraction of sp³-hybridized carbons (Fsp3) is 0.643. The van der Waals surface area contributed by atoms with Crippen LogP contribution in [0.3, 0.4) is 0 Å². The van der Waals surface area contributed by atoms with Gasteiger partial charge in [-0.05, 0) is 19.1 Å². The molecule has 1 amide bonds. The Balaban J connectivity index is 1.58. The molecule has 1 fully saturated rings. The summed E-state index contributed by atoms with van der Waals surface area (Å²) in [5.41, 5.74) is 0. The van der Waals surface area contributed by atoms with E-state index in [-0.39, 0.29) is 11.9 Å². The van der Waals surface area contributed by atoms with Crippen molar-refractivity contribution >= 4 is 17.7 Å². The molecule has 112 valence electrons. The molecule has 5 nitrogen and oxygen atoms in total. The third kappa shape index (κ3) is 5.19. The molecule has 0 bridgehead atoms. The Bertz CT molecular complexity index is 391. The molecule has 0 aliphatic carbocycles. The lowest BCUT2D eigenvalue weighted by atomic mass is 10.3. The van der Waals surface area contributed by atoms with Gasteiger partial charge in [0.2, 0.25) is 5.91 Å². The van der Waals surface area contributed by atoms with Gasteiger partial charge in [0.25, 0.3) is 0 Å². The third-order valence-corrected chi connectivity index (χ3v) is 4.33. The first-order chi connectivity index (χ1) is 9.75. The Morgan fingerprint density at radius 1 is 1.50 bits per heavy atom. The number of thioether (sulfide) groups is 1. The molecule has 2 rings (SSSR count). The van der Waals surface area contributed by atoms with Crippen molar-refractivity contribution in [3.05, 3.63) is 24.2 Å². The van der Waals surface area contributed by atoms with E-state index in [2.05, 4.69) is 15.5 Å². The number of carbonyl (C=O) groups excluding carboxylic acids is 1. The zero-order chi connectivity index (χ0) is 14.2. The number of nitrogens with zero attached hydrogens (tertiary/aromatic N) is 1. The average Bonchev–Trinajstić information content (AvgIpc) is 2.99. The predicted octanol–water partition coefficient (Wildman–Crippen LogP) is 0.923. The maximum absolute atomic E-state index is 11.9. The van der Waals surface area contributed by atoms with E-state index in [0.717, 1.165) is 31.9 Å². The van der Waals surface area contributed by atoms with Crippen molar-refractivity contribution in [3.8, 4) is 0 Å². The van der Waals surface area contributed by atoms with Crippen LogP contribution in [0.1, 0.15) is 12.7 Å². The van der Waals surface area contributed by atoms with Gasteiger partial charge in [-0.2, -0.15) is 11.8 Å². The summed E-state index contributed by atoms with van der Waals surface area (Å²) in [5.74, 6) is 3.23. The van der Waals surface area contributed by atoms with E-state index in [9.17, 15) is 4.79 Å². The van der Waals surface area contributed by atoms with Gasteiger partial charge in [0.1, 0.15) is 5.76 Å². The molecule has 1 aliphatic rings. The molecule has 2 N–H and O–H groups in total. The molecule has 2 heterocycles. The second-order valence-corrected chi connectivity index (χ2v) is 6.15. The van der Waals surface area contributed by atoms with Gasteiger partial charge in [-0.25, -0.2) is 0 Å². The van der Waals surface area contributed by atoms with Gasteiger partial charge in [-0.3, -0.25) is 4.79 Å². The largest absolute Gasteiger partial charge is 0.467 e. The number of hydrogen-bond donors (Lipinski definition) is 2. The summed E-state index contributed by atoms with van der Waals surface area (Å²) < 4.78 is 5.18. The maximum atomic E-state index is 11.9. The number of furan rings is 1. The fourth-order valence-electron chi connectivity index (χ4n) is 2.10. The Hall–Kier alpha value is -0.980. The van der Waals surface area contributed by atoms with Crippen LogP contribution in [0.5, 0.6) is 0 Å². The molecular weight excluding hydrogens is 274 g/mol. The van der Waals surface area contributed by atoms with Crippen molar-refractivity contribution in [1.29, 1.82) is 0 Å². The standard InChI is InChI=1S/C14H23N3O2S/c1-12(14(18)16-11-13-3-2-8-19-13)15-4-5-17-6-9-20-10-7-17/h2-3,8,12,15H,4-7,9-11H2,1H3,(H,16,18). The molecule has 1 unspecified atom stereocenters. The van der Waals surface area contributed by atoms with Crippen molar-refractivity contribution in [1.82, 2.24) is 15.5 Å². The smallest absolute Gasteiger partial charge is 0.237 e. The van der Waals surface area contributed by atoms with Gasteiger partial charge in [0.05, 0.1) is 18.8 Å². The van der Waals surface area contributed by atoms with E-state index in [1.807, 2.05) is 30.8 Å². The summed E-state index contributed by atoms with van der Waals surface area (Å²) in [5, 5.41) is 6.13. The molecule has 0 spiro atoms. The van der Waals surface area contributed by atoms with Crippen LogP contribution >= 0.6 is 11.8 Å². The van der Waals surface area contributed by atoms with Crippen LogP contribution in [-0.2, 0) is 11.3 Å². The summed E-state index contributed by atoms with van der Waals surface area (Å²) in [6, 6.07) is 3.50. The normalized spacial score (nSPS) is 17.9. The number of rotatable bonds is 7. The van der Waals surface area contributed by atoms with Gasteiger partial charge in [0, 0.05) is 37.7 Å². The van der Waals surface area contributed by atoms with E-state index in [1.165, 1.54) is 11.5 Å². The highest BCUT2D eigenvalue weighted by Crippen LogP contribution is 2.07. The van der Waals surface area contributed by atoms with E-state index in [1.54, 1.807) is 6.26 Å². The molecule has 1 aromatic rings. The lowest BCUT2D eigenvalue weighted by Crippen LogP contribution is -2.45. The SMILES string of the molecule is CC(NCCN1CCSCC1)C(=O)NCc1ccco1. The summed E-state index contributed by atoms with van der Waals surface area (Å²) in [7, 11) is 0. The number of hydrogen-bond acceptors (Lipinski definition) is 5. The van der Waals surface area contributed by atoms with Crippen molar-refractivity contribution in [2.75, 3.05) is 37.7 Å². The number of nitrogens with one attached hydrogen (secondary N) is 2. The van der Waals surface area contributed by atoms with Crippen molar-refractivity contribution in [2.45, 2.75) is 19.5 Å². The molecule has 1 aliphatic heterocycles. The highest BCUT2D eigenvalue weighted by molar-refractivity contribution is 7.99. The Labute approximate surface area is 124 Å². The van der Waals surface area contributed by atoms with Gasteiger partial charge >= 0.3 is 0 Å². The van der Waals surface area contributed by atoms with E-state index in [4.69, 9.17) is 4.42 Å². The molecule has 1 saturated heterocycles. The van der Waals surface area contributed by atoms with Crippen molar-refractivity contribution < 1.29 is 9.21 Å². The summed E-state index contributed by atoms with van der Waals surface area (Å²) >= 11 is 2.01. The predicted molar refractivity (Wildman–Crippen MR) is 81.8 cm³/mol. The van der Waals surface area contributed by atoms with Crippen LogP contribution in [0, 0.1) is 0 Å². The van der Waals surface area contributed by atoms with Crippen molar-refractivity contribution in [3.63, 3.8) is 0 Å². The molecule has 1 aromatic heterocycles. The van der Waals surface area contributed by atoms with Crippen LogP contribution in [-0.4, -0.2) is 54.5 Å². The van der Waals surface area contributed by atoms with Crippen LogP contribution < -0.4 is 10.6 Å². The van der Waals surface area contributed by atoms with Crippen LogP contribution in [0.2, 0.25) is 0 Å². The van der Waals surface area contributed by atoms with Gasteiger partial charge in [-0.15, -0.1) is 0 Å². The minimum absolute atomic E-state index is 0.00981. The van der Waals surface area contributed by atoms with E-state index in [0.29, 0.717) is 6.54 Å². The summed E-state index contributed by atoms with van der Waals surface area (Å²) in [6.45, 7) is 6.51. The van der Waals surface area contributed by atoms with Crippen molar-refractivity contribution in [2.24, 2.45) is 0 Å². The third-order valence-electron chi connectivity index (χ3n) is 3.39. The van der Waals surface area contributed by atoms with E-state index < -0.39 is 0 Å². The van der Waals surface area contributed by atoms with Crippen LogP contribution in [0.15, 0.2) is 22.8 Å². The number of carbonyl (C=O) groups is 1. The Morgan fingerprint density at radius 3 is 3.00 bits per heavy atom. The maximum Gasteiger partial charge on any atom is 0.237 e. The number of amides is 1. The molecule has 20 heavy (non-hydrogen) atoms. The quantitative estimate of drug-likeness (QED) is 0.784. The lowest BCUT2D eigenvalue weighted by Gasteiger charge is -2.26. The topological polar surface area (TPSA) is 57.5 Å². The Kier molecular flexibility index (Phi) is 6.42. The minimum atomic E-state index is -0.177. The highest BCUT2D eigenvalue weighted by atomic mass is 32.2. The van der Waals surface area contributed by atoms with Crippen LogP contribution in [0.25, 0.3) is 0 Å². The second-order valence-electron chi connectivity index (χ2n) is 4.93. The first-order valence-electron chi connectivity index (χ1n) is 7.09. The molecule has 0 aromatic carbocycles. The molecular formula is C14H23N3O2S. The monoisotopic (exact) mass is 297 g/mol. The van der Waals surface area contributed by atoms with E-state index >= 15 is 0 Å². The molecule has 6 heteroatoms. The van der Waals surface area contributed by atoms with Crippen LogP contribution in [0.4, 0.5) is 0 Å². The van der Waals surface area contributed by atoms with Gasteiger partial charge in [0.15, 0.2) is 0 Å². The molecule has 0 radical (unpaired) electrons. The second kappa shape index (κ2) is 8.34. The fourth-order valence-corrected chi connectivity index (χ4v) is 3.08. The molecule has 1 atom stereocenters. The zero-order valence-electron chi connectivity index (χ0n) is 11.9. The highest BCUT2D eigenvalue weighted by Gasteiger charge is 2.14. The molecule has 0 saturated carbocycles. The minimum Gasteiger partial charge on any atom is -0.467 e. The lowest BCUT2D eigenvalue weighted by molar-refractivity contribution is -0.123. The average molecular weight is 297 g/mol. The Morgan fingerprint density at radius 2 is 2.30 bits per heavy atom. The first-order valence-corrected chi connectivity index (χ1v) is 8.25. The first kappa shape index (κ1) is 15.4. The summed E-state index contributed by atoms with van der Waals surface area (Å²) in [4.78, 5) is 14.3. The summed E-state index contributed by atoms with van der Waals surface area (Å²) in [6.07, 6.45) is 1.61.